The molecule has 2 heterocycles. The Bertz CT molecular complexity index is 1190. The van der Waals surface area contributed by atoms with Gasteiger partial charge in [0.15, 0.2) is 0 Å². The molecule has 0 atom stereocenters. The first-order chi connectivity index (χ1) is 15.3. The zero-order valence-corrected chi connectivity index (χ0v) is 18.8. The van der Waals surface area contributed by atoms with E-state index in [1.54, 1.807) is 12.1 Å². The Morgan fingerprint density at radius 3 is 2.56 bits per heavy atom. The van der Waals surface area contributed by atoms with Crippen LogP contribution < -0.4 is 20.1 Å². The lowest BCUT2D eigenvalue weighted by atomic mass is 9.65. The number of ether oxygens (including phenoxy) is 1. The molecule has 3 aliphatic rings. The third-order valence-corrected chi connectivity index (χ3v) is 8.16. The van der Waals surface area contributed by atoms with E-state index in [0.717, 1.165) is 50.0 Å². The van der Waals surface area contributed by atoms with E-state index in [1.165, 1.54) is 6.07 Å². The molecule has 0 aromatic heterocycles. The Kier molecular flexibility index (Phi) is 5.30. The van der Waals surface area contributed by atoms with Crippen molar-refractivity contribution >= 4 is 38.9 Å². The lowest BCUT2D eigenvalue weighted by molar-refractivity contribution is -0.123. The van der Waals surface area contributed by atoms with Gasteiger partial charge in [-0.1, -0.05) is 18.0 Å². The van der Waals surface area contributed by atoms with Gasteiger partial charge in [-0.25, -0.2) is 12.8 Å². The van der Waals surface area contributed by atoms with Gasteiger partial charge in [0.05, 0.1) is 16.8 Å². The van der Waals surface area contributed by atoms with E-state index < -0.39 is 26.2 Å². The number of nitrogens with one attached hydrogen (secondary N) is 3. The molecule has 2 fully saturated rings. The SMILES string of the molecule is O=C1Nc2c(OC3CCNCC3)cc(NS(=O)(=O)c3ccc(Cl)cc3F)cc2C12CCC2. The van der Waals surface area contributed by atoms with Gasteiger partial charge in [-0.3, -0.25) is 9.52 Å². The maximum absolute atomic E-state index is 14.3. The molecule has 1 saturated carbocycles. The molecule has 7 nitrogen and oxygen atoms in total. The third-order valence-electron chi connectivity index (χ3n) is 6.51. The number of benzene rings is 2. The number of halogens is 2. The highest BCUT2D eigenvalue weighted by atomic mass is 35.5. The van der Waals surface area contributed by atoms with Crippen LogP contribution in [0.4, 0.5) is 15.8 Å². The van der Waals surface area contributed by atoms with Gasteiger partial charge in [0.25, 0.3) is 10.0 Å². The molecule has 1 aliphatic carbocycles. The molecular weight excluding hydrogens is 457 g/mol. The molecular formula is C22H23ClFN3O4S. The van der Waals surface area contributed by atoms with E-state index in [2.05, 4.69) is 15.4 Å². The summed E-state index contributed by atoms with van der Waals surface area (Å²) in [4.78, 5) is 12.3. The summed E-state index contributed by atoms with van der Waals surface area (Å²) in [6, 6.07) is 6.62. The second-order valence-electron chi connectivity index (χ2n) is 8.53. The first-order valence-electron chi connectivity index (χ1n) is 10.6. The van der Waals surface area contributed by atoms with Crippen molar-refractivity contribution in [1.82, 2.24) is 5.32 Å². The highest BCUT2D eigenvalue weighted by Crippen LogP contribution is 2.54. The first-order valence-corrected chi connectivity index (χ1v) is 12.5. The van der Waals surface area contributed by atoms with E-state index in [0.29, 0.717) is 24.3 Å². The highest BCUT2D eigenvalue weighted by molar-refractivity contribution is 7.92. The number of fused-ring (bicyclic) bond motifs is 2. The smallest absolute Gasteiger partial charge is 0.264 e. The third kappa shape index (κ3) is 3.62. The lowest BCUT2D eigenvalue weighted by Gasteiger charge is -2.36. The molecule has 32 heavy (non-hydrogen) atoms. The molecule has 1 spiro atoms. The maximum atomic E-state index is 14.3. The van der Waals surface area contributed by atoms with Crippen molar-refractivity contribution in [3.8, 4) is 5.75 Å². The van der Waals surface area contributed by atoms with Gasteiger partial charge >= 0.3 is 0 Å². The van der Waals surface area contributed by atoms with Crippen LogP contribution in [0.2, 0.25) is 5.02 Å². The number of hydrogen-bond donors (Lipinski definition) is 3. The fourth-order valence-corrected chi connectivity index (χ4v) is 5.91. The minimum absolute atomic E-state index is 0.0456. The van der Waals surface area contributed by atoms with Crippen molar-refractivity contribution in [1.29, 1.82) is 0 Å². The van der Waals surface area contributed by atoms with Gasteiger partial charge in [0.2, 0.25) is 5.91 Å². The molecule has 5 rings (SSSR count). The number of sulfonamides is 1. The van der Waals surface area contributed by atoms with Gasteiger partial charge in [0, 0.05) is 11.1 Å². The summed E-state index contributed by atoms with van der Waals surface area (Å²) in [6.45, 7) is 1.65. The number of rotatable bonds is 5. The summed E-state index contributed by atoms with van der Waals surface area (Å²) < 4.78 is 48.8. The van der Waals surface area contributed by atoms with Crippen LogP contribution in [-0.4, -0.2) is 33.5 Å². The Morgan fingerprint density at radius 2 is 1.91 bits per heavy atom. The largest absolute Gasteiger partial charge is 0.488 e. The molecule has 0 bridgehead atoms. The molecule has 10 heteroatoms. The monoisotopic (exact) mass is 479 g/mol. The van der Waals surface area contributed by atoms with Crippen LogP contribution >= 0.6 is 11.6 Å². The quantitative estimate of drug-likeness (QED) is 0.606. The van der Waals surface area contributed by atoms with Crippen molar-refractivity contribution in [2.24, 2.45) is 0 Å². The van der Waals surface area contributed by atoms with Crippen molar-refractivity contribution in [2.45, 2.75) is 48.5 Å². The summed E-state index contributed by atoms with van der Waals surface area (Å²) in [5.41, 5.74) is 0.905. The van der Waals surface area contributed by atoms with Crippen molar-refractivity contribution in [3.05, 3.63) is 46.7 Å². The number of amides is 1. The van der Waals surface area contributed by atoms with E-state index in [4.69, 9.17) is 16.3 Å². The van der Waals surface area contributed by atoms with Gasteiger partial charge in [0.1, 0.15) is 22.6 Å². The second-order valence-corrected chi connectivity index (χ2v) is 10.6. The van der Waals surface area contributed by atoms with E-state index in [9.17, 15) is 17.6 Å². The van der Waals surface area contributed by atoms with E-state index in [1.807, 2.05) is 0 Å². The molecule has 2 aromatic rings. The summed E-state index contributed by atoms with van der Waals surface area (Å²) in [7, 11) is -4.22. The van der Waals surface area contributed by atoms with Crippen LogP contribution in [-0.2, 0) is 20.2 Å². The average Bonchev–Trinajstić information content (AvgIpc) is 3.00. The molecule has 3 N–H and O–H groups in total. The minimum Gasteiger partial charge on any atom is -0.488 e. The molecule has 0 unspecified atom stereocenters. The van der Waals surface area contributed by atoms with Crippen molar-refractivity contribution in [3.63, 3.8) is 0 Å². The Morgan fingerprint density at radius 1 is 1.16 bits per heavy atom. The number of carbonyl (C=O) groups excluding carboxylic acids is 1. The van der Waals surface area contributed by atoms with Gasteiger partial charge < -0.3 is 15.4 Å². The minimum atomic E-state index is -4.22. The first kappa shape index (κ1) is 21.5. The summed E-state index contributed by atoms with van der Waals surface area (Å²) in [6.07, 6.45) is 3.88. The van der Waals surface area contributed by atoms with Crippen LogP contribution in [0.3, 0.4) is 0 Å². The van der Waals surface area contributed by atoms with Gasteiger partial charge in [-0.05, 0) is 68.6 Å². The number of hydrogen-bond acceptors (Lipinski definition) is 5. The Balaban J connectivity index is 1.54. The molecule has 1 saturated heterocycles. The topological polar surface area (TPSA) is 96.5 Å². The molecule has 0 radical (unpaired) electrons. The fourth-order valence-electron chi connectivity index (χ4n) is 4.65. The van der Waals surface area contributed by atoms with Crippen LogP contribution in [0.25, 0.3) is 0 Å². The molecule has 2 aromatic carbocycles. The summed E-state index contributed by atoms with van der Waals surface area (Å²) in [5, 5.41) is 6.33. The molecule has 1 amide bonds. The van der Waals surface area contributed by atoms with Crippen molar-refractivity contribution in [2.75, 3.05) is 23.1 Å². The van der Waals surface area contributed by atoms with Gasteiger partial charge in [-0.2, -0.15) is 0 Å². The zero-order valence-electron chi connectivity index (χ0n) is 17.2. The summed E-state index contributed by atoms with van der Waals surface area (Å²) >= 11 is 5.76. The van der Waals surface area contributed by atoms with Crippen LogP contribution in [0.1, 0.15) is 37.7 Å². The zero-order chi connectivity index (χ0) is 22.5. The number of anilines is 2. The highest BCUT2D eigenvalue weighted by Gasteiger charge is 2.52. The van der Waals surface area contributed by atoms with E-state index >= 15 is 0 Å². The second kappa shape index (κ2) is 7.90. The number of piperidine rings is 1. The van der Waals surface area contributed by atoms with Crippen LogP contribution in [0.5, 0.6) is 5.75 Å². The predicted molar refractivity (Wildman–Crippen MR) is 119 cm³/mol. The maximum Gasteiger partial charge on any atom is 0.264 e. The Labute approximate surface area is 190 Å². The fraction of sp³-hybridized carbons (Fsp3) is 0.409. The predicted octanol–water partition coefficient (Wildman–Crippen LogP) is 3.78. The van der Waals surface area contributed by atoms with Crippen molar-refractivity contribution < 1.29 is 22.3 Å². The standard InChI is InChI=1S/C22H23ClFN3O4S/c23-13-2-3-19(17(24)10-13)32(29,30)27-14-11-16-20(26-21(28)22(16)6-1-7-22)18(12-14)31-15-4-8-25-9-5-15/h2-3,10-12,15,25,27H,1,4-9H2,(H,26,28). The normalized spacial score (nSPS) is 19.9. The summed E-state index contributed by atoms with van der Waals surface area (Å²) in [5.74, 6) is -0.594. The van der Waals surface area contributed by atoms with E-state index in [-0.39, 0.29) is 22.7 Å². The lowest BCUT2D eigenvalue weighted by Crippen LogP contribution is -2.40. The number of carbonyl (C=O) groups is 1. The Hall–Kier alpha value is -2.36. The van der Waals surface area contributed by atoms with Crippen LogP contribution in [0, 0.1) is 5.82 Å². The van der Waals surface area contributed by atoms with Gasteiger partial charge in [-0.15, -0.1) is 0 Å². The molecule has 170 valence electrons. The van der Waals surface area contributed by atoms with Crippen LogP contribution in [0.15, 0.2) is 35.2 Å². The average molecular weight is 480 g/mol. The molecule has 2 aliphatic heterocycles.